The van der Waals surface area contributed by atoms with E-state index in [1.165, 1.54) is 0 Å². The van der Waals surface area contributed by atoms with Crippen LogP contribution in [0.2, 0.25) is 0 Å². The van der Waals surface area contributed by atoms with Gasteiger partial charge in [-0.2, -0.15) is 0 Å². The minimum Gasteiger partial charge on any atom is -0.396 e. The van der Waals surface area contributed by atoms with Crippen LogP contribution in [-0.4, -0.2) is 29.8 Å². The molecule has 0 aromatic heterocycles. The van der Waals surface area contributed by atoms with Crippen LogP contribution in [0.4, 0.5) is 5.69 Å². The van der Waals surface area contributed by atoms with E-state index in [4.69, 9.17) is 23.1 Å². The summed E-state index contributed by atoms with van der Waals surface area (Å²) >= 11 is 5.04. The Kier molecular flexibility index (Phi) is 3.41. The molecule has 1 fully saturated rings. The van der Waals surface area contributed by atoms with Crippen LogP contribution in [0.5, 0.6) is 0 Å². The lowest BCUT2D eigenvalue weighted by Gasteiger charge is -2.21. The number of anilines is 1. The van der Waals surface area contributed by atoms with Gasteiger partial charge in [-0.3, -0.25) is 0 Å². The van der Waals surface area contributed by atoms with Crippen LogP contribution in [-0.2, 0) is 0 Å². The molecule has 1 heterocycles. The summed E-state index contributed by atoms with van der Waals surface area (Å²) in [6.07, 6.45) is 1.03. The molecular weight excluding hydrogens is 220 g/mol. The lowest BCUT2D eigenvalue weighted by Crippen LogP contribution is -2.24. The Hall–Kier alpha value is -1.13. The summed E-state index contributed by atoms with van der Waals surface area (Å²) in [6, 6.07) is 7.92. The molecule has 0 amide bonds. The number of benzene rings is 1. The highest BCUT2D eigenvalue weighted by Crippen LogP contribution is 2.26. The normalized spacial score (nSPS) is 20.1. The molecule has 1 aromatic carbocycles. The van der Waals surface area contributed by atoms with Crippen molar-refractivity contribution in [3.63, 3.8) is 0 Å². The molecule has 1 aliphatic heterocycles. The van der Waals surface area contributed by atoms with Crippen molar-refractivity contribution in [1.82, 2.24) is 0 Å². The average Bonchev–Trinajstić information content (AvgIpc) is 2.77. The molecule has 3 nitrogen and oxygen atoms in total. The molecule has 4 heteroatoms. The maximum absolute atomic E-state index is 9.13. The van der Waals surface area contributed by atoms with Crippen molar-refractivity contribution < 1.29 is 5.11 Å². The number of rotatable bonds is 3. The van der Waals surface area contributed by atoms with Gasteiger partial charge in [-0.1, -0.05) is 24.4 Å². The molecule has 0 bridgehead atoms. The van der Waals surface area contributed by atoms with Gasteiger partial charge in [0.25, 0.3) is 0 Å². The van der Waals surface area contributed by atoms with Crippen molar-refractivity contribution in [2.24, 2.45) is 11.7 Å². The second-order valence-electron chi connectivity index (χ2n) is 4.16. The number of para-hydroxylation sites is 1. The Morgan fingerprint density at radius 3 is 2.88 bits per heavy atom. The third kappa shape index (κ3) is 2.18. The largest absolute Gasteiger partial charge is 0.396 e. The summed E-state index contributed by atoms with van der Waals surface area (Å²) in [7, 11) is 0. The second-order valence-corrected chi connectivity index (χ2v) is 4.60. The monoisotopic (exact) mass is 236 g/mol. The topological polar surface area (TPSA) is 49.5 Å². The first kappa shape index (κ1) is 11.4. The van der Waals surface area contributed by atoms with E-state index >= 15 is 0 Å². The Morgan fingerprint density at radius 1 is 1.50 bits per heavy atom. The van der Waals surface area contributed by atoms with Gasteiger partial charge in [-0.15, -0.1) is 0 Å². The van der Waals surface area contributed by atoms with E-state index in [2.05, 4.69) is 4.90 Å². The van der Waals surface area contributed by atoms with E-state index in [-0.39, 0.29) is 6.61 Å². The quantitative estimate of drug-likeness (QED) is 0.773. The molecule has 0 radical (unpaired) electrons. The van der Waals surface area contributed by atoms with E-state index in [1.807, 2.05) is 24.3 Å². The van der Waals surface area contributed by atoms with Crippen LogP contribution in [0.1, 0.15) is 12.0 Å². The zero-order valence-corrected chi connectivity index (χ0v) is 9.91. The van der Waals surface area contributed by atoms with Crippen LogP contribution in [0, 0.1) is 5.92 Å². The van der Waals surface area contributed by atoms with Crippen molar-refractivity contribution in [1.29, 1.82) is 0 Å². The van der Waals surface area contributed by atoms with Crippen molar-refractivity contribution in [2.45, 2.75) is 6.42 Å². The minimum atomic E-state index is 0.256. The first-order valence-corrected chi connectivity index (χ1v) is 5.88. The highest BCUT2D eigenvalue weighted by Gasteiger charge is 2.23. The first-order valence-electron chi connectivity index (χ1n) is 5.47. The summed E-state index contributed by atoms with van der Waals surface area (Å²) < 4.78 is 0. The van der Waals surface area contributed by atoms with E-state index in [9.17, 15) is 0 Å². The number of nitrogens with two attached hydrogens (primary N) is 1. The van der Waals surface area contributed by atoms with Crippen LogP contribution < -0.4 is 10.6 Å². The van der Waals surface area contributed by atoms with E-state index < -0.39 is 0 Å². The van der Waals surface area contributed by atoms with Gasteiger partial charge in [0.05, 0.1) is 0 Å². The van der Waals surface area contributed by atoms with Crippen LogP contribution in [0.15, 0.2) is 24.3 Å². The summed E-state index contributed by atoms with van der Waals surface area (Å²) in [6.45, 7) is 2.10. The summed E-state index contributed by atoms with van der Waals surface area (Å²) in [5, 5.41) is 9.13. The highest BCUT2D eigenvalue weighted by atomic mass is 32.1. The van der Waals surface area contributed by atoms with E-state index in [0.717, 1.165) is 30.8 Å². The second kappa shape index (κ2) is 4.80. The van der Waals surface area contributed by atoms with Gasteiger partial charge in [0.2, 0.25) is 0 Å². The number of aliphatic hydroxyl groups excluding tert-OH is 1. The number of nitrogens with zero attached hydrogens (tertiary/aromatic N) is 1. The molecule has 0 aliphatic carbocycles. The predicted molar refractivity (Wildman–Crippen MR) is 69.7 cm³/mol. The van der Waals surface area contributed by atoms with Crippen molar-refractivity contribution in [3.8, 4) is 0 Å². The summed E-state index contributed by atoms with van der Waals surface area (Å²) in [4.78, 5) is 2.68. The molecule has 0 saturated carbocycles. The maximum Gasteiger partial charge on any atom is 0.106 e. The maximum atomic E-state index is 9.13. The lowest BCUT2D eigenvalue weighted by atomic mass is 10.1. The SMILES string of the molecule is NC(=S)c1ccccc1N1CCC(CO)C1. The zero-order chi connectivity index (χ0) is 11.5. The van der Waals surface area contributed by atoms with Crippen LogP contribution in [0.25, 0.3) is 0 Å². The van der Waals surface area contributed by atoms with Crippen molar-refractivity contribution in [2.75, 3.05) is 24.6 Å². The van der Waals surface area contributed by atoms with Gasteiger partial charge in [-0.05, 0) is 18.6 Å². The number of hydrogen-bond donors (Lipinski definition) is 2. The predicted octanol–water partition coefficient (Wildman–Crippen LogP) is 1.14. The van der Waals surface area contributed by atoms with E-state index in [1.54, 1.807) is 0 Å². The molecule has 1 aromatic rings. The molecular formula is C12H16N2OS. The molecule has 0 spiro atoms. The smallest absolute Gasteiger partial charge is 0.106 e. The molecule has 3 N–H and O–H groups in total. The van der Waals surface area contributed by atoms with Gasteiger partial charge >= 0.3 is 0 Å². The highest BCUT2D eigenvalue weighted by molar-refractivity contribution is 7.80. The Labute approximate surface area is 101 Å². The Morgan fingerprint density at radius 2 is 2.25 bits per heavy atom. The Balaban J connectivity index is 2.24. The fourth-order valence-electron chi connectivity index (χ4n) is 2.16. The molecule has 16 heavy (non-hydrogen) atoms. The Bertz CT molecular complexity index is 394. The van der Waals surface area contributed by atoms with Gasteiger partial charge in [0, 0.05) is 36.9 Å². The van der Waals surface area contributed by atoms with E-state index in [0.29, 0.717) is 10.9 Å². The zero-order valence-electron chi connectivity index (χ0n) is 9.10. The van der Waals surface area contributed by atoms with Gasteiger partial charge in [-0.25, -0.2) is 0 Å². The number of thiocarbonyl (C=S) groups is 1. The number of hydrogen-bond acceptors (Lipinski definition) is 3. The fourth-order valence-corrected chi connectivity index (χ4v) is 2.33. The third-order valence-electron chi connectivity index (χ3n) is 3.05. The molecule has 2 rings (SSSR count). The molecule has 1 saturated heterocycles. The standard InChI is InChI=1S/C12H16N2OS/c13-12(16)10-3-1-2-4-11(10)14-6-5-9(7-14)8-15/h1-4,9,15H,5-8H2,(H2,13,16). The fraction of sp³-hybridized carbons (Fsp3) is 0.417. The first-order chi connectivity index (χ1) is 7.72. The van der Waals surface area contributed by atoms with Crippen molar-refractivity contribution in [3.05, 3.63) is 29.8 Å². The average molecular weight is 236 g/mol. The molecule has 1 unspecified atom stereocenters. The molecule has 86 valence electrons. The molecule has 1 atom stereocenters. The van der Waals surface area contributed by atoms with Gasteiger partial charge in [0.15, 0.2) is 0 Å². The summed E-state index contributed by atoms with van der Waals surface area (Å²) in [5.41, 5.74) is 7.72. The molecule has 1 aliphatic rings. The van der Waals surface area contributed by atoms with Gasteiger partial charge in [0.1, 0.15) is 4.99 Å². The third-order valence-corrected chi connectivity index (χ3v) is 3.27. The van der Waals surface area contributed by atoms with Crippen LogP contribution in [0.3, 0.4) is 0 Å². The van der Waals surface area contributed by atoms with Crippen molar-refractivity contribution >= 4 is 22.9 Å². The summed E-state index contributed by atoms with van der Waals surface area (Å²) in [5.74, 6) is 0.374. The number of aliphatic hydroxyl groups is 1. The van der Waals surface area contributed by atoms with Gasteiger partial charge < -0.3 is 15.7 Å². The van der Waals surface area contributed by atoms with Crippen LogP contribution >= 0.6 is 12.2 Å². The lowest BCUT2D eigenvalue weighted by molar-refractivity contribution is 0.238. The minimum absolute atomic E-state index is 0.256.